The summed E-state index contributed by atoms with van der Waals surface area (Å²) < 4.78 is 1.86. The fraction of sp³-hybridized carbons (Fsp3) is 0.167. The molecule has 0 aliphatic heterocycles. The normalized spacial score (nSPS) is 10.6. The molecule has 1 aromatic carbocycles. The number of aromatic nitrogens is 2. The molecule has 1 aromatic heterocycles. The van der Waals surface area contributed by atoms with Gasteiger partial charge in [-0.05, 0) is 18.4 Å². The molecule has 0 spiro atoms. The van der Waals surface area contributed by atoms with Gasteiger partial charge in [0.2, 0.25) is 0 Å². The first kappa shape index (κ1) is 13.0. The van der Waals surface area contributed by atoms with Crippen molar-refractivity contribution in [3.63, 3.8) is 0 Å². The summed E-state index contributed by atoms with van der Waals surface area (Å²) in [6.45, 7) is 0. The molecule has 0 fully saturated rings. The highest BCUT2D eigenvalue weighted by molar-refractivity contribution is 7.99. The van der Waals surface area contributed by atoms with Crippen LogP contribution in [0.25, 0.3) is 0 Å². The number of carbonyl (C=O) groups is 1. The van der Waals surface area contributed by atoms with E-state index in [4.69, 9.17) is 0 Å². The van der Waals surface area contributed by atoms with Crippen LogP contribution in [0.1, 0.15) is 10.4 Å². The molecule has 2 rings (SSSR count). The first-order valence-electron chi connectivity index (χ1n) is 5.19. The second-order valence-corrected chi connectivity index (χ2v) is 5.42. The number of hydrogen-bond acceptors (Lipinski definition) is 4. The van der Waals surface area contributed by atoms with Crippen LogP contribution in [0.3, 0.4) is 0 Å². The van der Waals surface area contributed by atoms with E-state index in [-0.39, 0.29) is 0 Å². The molecule has 1 N–H and O–H groups in total. The van der Waals surface area contributed by atoms with Gasteiger partial charge in [0.1, 0.15) is 0 Å². The lowest BCUT2D eigenvalue weighted by Gasteiger charge is -2.09. The van der Waals surface area contributed by atoms with Crippen molar-refractivity contribution in [3.05, 3.63) is 36.2 Å². The molecule has 0 atom stereocenters. The first-order valence-corrected chi connectivity index (χ1v) is 7.23. The number of hydrogen-bond donors (Lipinski definition) is 1. The number of rotatable bonds is 4. The number of nitrogens with zero attached hydrogens (tertiary/aromatic N) is 2. The molecule has 4 nitrogen and oxygen atoms in total. The van der Waals surface area contributed by atoms with Gasteiger partial charge in [-0.3, -0.25) is 0 Å². The molecule has 1 heterocycles. The Morgan fingerprint density at radius 2 is 2.11 bits per heavy atom. The second kappa shape index (κ2) is 5.49. The van der Waals surface area contributed by atoms with Gasteiger partial charge >= 0.3 is 5.97 Å². The van der Waals surface area contributed by atoms with Gasteiger partial charge in [0.05, 0.1) is 5.56 Å². The molecule has 0 unspecified atom stereocenters. The lowest BCUT2D eigenvalue weighted by atomic mass is 10.2. The summed E-state index contributed by atoms with van der Waals surface area (Å²) in [6.07, 6.45) is 5.40. The van der Waals surface area contributed by atoms with Gasteiger partial charge in [-0.1, -0.05) is 17.8 Å². The molecule has 2 aromatic rings. The van der Waals surface area contributed by atoms with Crippen molar-refractivity contribution in [2.75, 3.05) is 6.26 Å². The monoisotopic (exact) mass is 280 g/mol. The summed E-state index contributed by atoms with van der Waals surface area (Å²) in [4.78, 5) is 17.0. The van der Waals surface area contributed by atoms with E-state index < -0.39 is 5.97 Å². The highest BCUT2D eigenvalue weighted by Gasteiger charge is 2.16. The van der Waals surface area contributed by atoms with E-state index in [1.807, 2.05) is 42.3 Å². The Balaban J connectivity index is 2.44. The van der Waals surface area contributed by atoms with Crippen molar-refractivity contribution < 1.29 is 9.90 Å². The Labute approximate surface area is 113 Å². The Bertz CT molecular complexity index is 581. The molecule has 0 saturated carbocycles. The number of aryl methyl sites for hydroxylation is 1. The molecular formula is C12H12N2O2S2. The minimum Gasteiger partial charge on any atom is -0.478 e. The number of benzene rings is 1. The maximum absolute atomic E-state index is 11.4. The van der Waals surface area contributed by atoms with E-state index in [9.17, 15) is 9.90 Å². The average molecular weight is 280 g/mol. The maximum Gasteiger partial charge on any atom is 0.337 e. The summed E-state index contributed by atoms with van der Waals surface area (Å²) in [6, 6.07) is 5.49. The van der Waals surface area contributed by atoms with Crippen molar-refractivity contribution >= 4 is 29.5 Å². The van der Waals surface area contributed by atoms with Crippen LogP contribution >= 0.6 is 23.5 Å². The van der Waals surface area contributed by atoms with Crippen LogP contribution in [0.4, 0.5) is 0 Å². The second-order valence-electron chi connectivity index (χ2n) is 3.56. The Morgan fingerprint density at radius 3 is 2.67 bits per heavy atom. The lowest BCUT2D eigenvalue weighted by molar-refractivity contribution is 0.0689. The van der Waals surface area contributed by atoms with Gasteiger partial charge in [0.25, 0.3) is 0 Å². The van der Waals surface area contributed by atoms with Crippen molar-refractivity contribution in [2.24, 2.45) is 7.05 Å². The molecule has 94 valence electrons. The number of thioether (sulfide) groups is 1. The fourth-order valence-electron chi connectivity index (χ4n) is 1.53. The largest absolute Gasteiger partial charge is 0.478 e. The predicted molar refractivity (Wildman–Crippen MR) is 72.5 cm³/mol. The standard InChI is InChI=1S/C12H12N2O2S2/c1-14-7-6-13-12(14)18-9-5-3-4-8(17-2)10(9)11(15)16/h3-7H,1-2H3,(H,15,16). The van der Waals surface area contributed by atoms with E-state index in [0.29, 0.717) is 10.5 Å². The van der Waals surface area contributed by atoms with E-state index in [1.165, 1.54) is 23.5 Å². The lowest BCUT2D eigenvalue weighted by Crippen LogP contribution is -2.02. The van der Waals surface area contributed by atoms with Crippen LogP contribution in [0.15, 0.2) is 45.5 Å². The molecule has 0 amide bonds. The highest BCUT2D eigenvalue weighted by atomic mass is 32.2. The summed E-state index contributed by atoms with van der Waals surface area (Å²) in [5.74, 6) is -0.906. The third kappa shape index (κ3) is 2.54. The van der Waals surface area contributed by atoms with Crippen LogP contribution in [0, 0.1) is 0 Å². The van der Waals surface area contributed by atoms with Gasteiger partial charge in [-0.25, -0.2) is 9.78 Å². The zero-order valence-corrected chi connectivity index (χ0v) is 11.6. The summed E-state index contributed by atoms with van der Waals surface area (Å²) in [5.41, 5.74) is 0.345. The Morgan fingerprint density at radius 1 is 1.39 bits per heavy atom. The third-order valence-corrected chi connectivity index (χ3v) is 4.32. The van der Waals surface area contributed by atoms with Crippen LogP contribution in [-0.2, 0) is 7.05 Å². The summed E-state index contributed by atoms with van der Waals surface area (Å²) in [5, 5.41) is 10.1. The molecule has 18 heavy (non-hydrogen) atoms. The van der Waals surface area contributed by atoms with Crippen molar-refractivity contribution in [1.29, 1.82) is 0 Å². The molecule has 0 radical (unpaired) electrons. The van der Waals surface area contributed by atoms with E-state index in [0.717, 1.165) is 10.1 Å². The number of carboxylic acids is 1. The molecule has 0 aliphatic carbocycles. The van der Waals surface area contributed by atoms with Gasteiger partial charge in [-0.2, -0.15) is 0 Å². The van der Waals surface area contributed by atoms with Crippen molar-refractivity contribution in [1.82, 2.24) is 9.55 Å². The topological polar surface area (TPSA) is 55.1 Å². The number of carboxylic acid groups (broad SMARTS) is 1. The van der Waals surface area contributed by atoms with Gasteiger partial charge in [0, 0.05) is 29.2 Å². The quantitative estimate of drug-likeness (QED) is 0.873. The fourth-order valence-corrected chi connectivity index (χ4v) is 3.17. The maximum atomic E-state index is 11.4. The minimum atomic E-state index is -0.906. The molecule has 0 bridgehead atoms. The molecule has 6 heteroatoms. The average Bonchev–Trinajstić information content (AvgIpc) is 2.74. The third-order valence-electron chi connectivity index (χ3n) is 2.40. The van der Waals surface area contributed by atoms with Gasteiger partial charge < -0.3 is 9.67 Å². The van der Waals surface area contributed by atoms with Crippen LogP contribution in [-0.4, -0.2) is 26.9 Å². The first-order chi connectivity index (χ1) is 8.63. The van der Waals surface area contributed by atoms with E-state index in [1.54, 1.807) is 6.20 Å². The molecule has 0 aliphatic rings. The zero-order chi connectivity index (χ0) is 13.1. The van der Waals surface area contributed by atoms with Gasteiger partial charge in [0.15, 0.2) is 5.16 Å². The SMILES string of the molecule is CSc1cccc(Sc2nccn2C)c1C(=O)O. The molecule has 0 saturated heterocycles. The van der Waals surface area contributed by atoms with Crippen LogP contribution < -0.4 is 0 Å². The summed E-state index contributed by atoms with van der Waals surface area (Å²) in [7, 11) is 1.88. The van der Waals surface area contributed by atoms with Crippen molar-refractivity contribution in [2.45, 2.75) is 14.9 Å². The number of imidazole rings is 1. The Kier molecular flexibility index (Phi) is 3.98. The summed E-state index contributed by atoms with van der Waals surface area (Å²) >= 11 is 2.80. The smallest absolute Gasteiger partial charge is 0.337 e. The van der Waals surface area contributed by atoms with E-state index >= 15 is 0 Å². The van der Waals surface area contributed by atoms with Crippen molar-refractivity contribution in [3.8, 4) is 0 Å². The van der Waals surface area contributed by atoms with E-state index in [2.05, 4.69) is 4.98 Å². The molecular weight excluding hydrogens is 268 g/mol. The zero-order valence-electron chi connectivity index (χ0n) is 9.95. The number of aromatic carboxylic acids is 1. The van der Waals surface area contributed by atoms with Crippen LogP contribution in [0.2, 0.25) is 0 Å². The predicted octanol–water partition coefficient (Wildman–Crippen LogP) is 2.99. The van der Waals surface area contributed by atoms with Crippen LogP contribution in [0.5, 0.6) is 0 Å². The minimum absolute atomic E-state index is 0.345. The van der Waals surface area contributed by atoms with Gasteiger partial charge in [-0.15, -0.1) is 11.8 Å². The Hall–Kier alpha value is -1.40. The highest BCUT2D eigenvalue weighted by Crippen LogP contribution is 2.33.